The maximum Gasteiger partial charge on any atom is 0.409 e. The Bertz CT molecular complexity index is 283. The summed E-state index contributed by atoms with van der Waals surface area (Å²) in [7, 11) is 1.32. The van der Waals surface area contributed by atoms with Crippen LogP contribution in [-0.4, -0.2) is 49.8 Å². The zero-order valence-electron chi connectivity index (χ0n) is 10.3. The molecule has 0 spiro atoms. The number of carbonyl (C=O) groups is 2. The van der Waals surface area contributed by atoms with Crippen LogP contribution in [0.3, 0.4) is 0 Å². The van der Waals surface area contributed by atoms with Crippen molar-refractivity contribution in [2.24, 2.45) is 11.7 Å². The summed E-state index contributed by atoms with van der Waals surface area (Å²) in [5.74, 6) is -0.819. The highest BCUT2D eigenvalue weighted by Crippen LogP contribution is 2.17. The first kappa shape index (κ1) is 13.8. The van der Waals surface area contributed by atoms with Crippen LogP contribution in [0.2, 0.25) is 0 Å². The van der Waals surface area contributed by atoms with Crippen LogP contribution in [0.4, 0.5) is 4.79 Å². The summed E-state index contributed by atoms with van der Waals surface area (Å²) < 4.78 is 9.69. The molecule has 1 aliphatic heterocycles. The lowest BCUT2D eigenvalue weighted by atomic mass is 10.1. The molecule has 2 atom stereocenters. The highest BCUT2D eigenvalue weighted by molar-refractivity contribution is 5.76. The Morgan fingerprint density at radius 2 is 2.12 bits per heavy atom. The third kappa shape index (κ3) is 3.59. The minimum absolute atomic E-state index is 0.277. The summed E-state index contributed by atoms with van der Waals surface area (Å²) in [6.45, 7) is 3.04. The minimum atomic E-state index is -0.446. The predicted molar refractivity (Wildman–Crippen MR) is 61.3 cm³/mol. The van der Waals surface area contributed by atoms with Gasteiger partial charge < -0.3 is 20.1 Å². The van der Waals surface area contributed by atoms with E-state index in [9.17, 15) is 9.59 Å². The lowest BCUT2D eigenvalue weighted by molar-refractivity contribution is -0.145. The first-order chi connectivity index (χ1) is 8.10. The van der Waals surface area contributed by atoms with E-state index in [0.29, 0.717) is 13.2 Å². The van der Waals surface area contributed by atoms with Crippen LogP contribution in [0, 0.1) is 5.92 Å². The molecule has 1 amide bonds. The molecule has 17 heavy (non-hydrogen) atoms. The quantitative estimate of drug-likeness (QED) is 0.570. The number of carbonyl (C=O) groups excluding carboxylic acids is 2. The third-order valence-electron chi connectivity index (χ3n) is 2.85. The van der Waals surface area contributed by atoms with Crippen LogP contribution >= 0.6 is 0 Å². The molecule has 98 valence electrons. The maximum atomic E-state index is 11.6. The summed E-state index contributed by atoms with van der Waals surface area (Å²) in [5, 5.41) is 0. The van der Waals surface area contributed by atoms with Crippen molar-refractivity contribution in [2.45, 2.75) is 25.8 Å². The van der Waals surface area contributed by atoms with Crippen LogP contribution in [-0.2, 0) is 14.3 Å². The average Bonchev–Trinajstić information content (AvgIpc) is 2.70. The number of likely N-dealkylation sites (tertiary alicyclic amines) is 1. The summed E-state index contributed by atoms with van der Waals surface area (Å²) in [6.07, 6.45) is 1.41. The van der Waals surface area contributed by atoms with Crippen molar-refractivity contribution in [1.29, 1.82) is 0 Å². The molecule has 6 nitrogen and oxygen atoms in total. The maximum absolute atomic E-state index is 11.6. The standard InChI is InChI=1S/C11H20N2O4/c1-3-4-5-17-11(15)13-6-8(9(12)7-13)10(14)16-2/h8-9H,3-7,12H2,1-2H3. The van der Waals surface area contributed by atoms with E-state index in [-0.39, 0.29) is 18.6 Å². The lowest BCUT2D eigenvalue weighted by Gasteiger charge is -2.15. The molecule has 0 aromatic rings. The van der Waals surface area contributed by atoms with Gasteiger partial charge in [-0.15, -0.1) is 0 Å². The van der Waals surface area contributed by atoms with E-state index in [1.165, 1.54) is 12.0 Å². The molecular formula is C11H20N2O4. The van der Waals surface area contributed by atoms with Crippen LogP contribution in [0.25, 0.3) is 0 Å². The van der Waals surface area contributed by atoms with Crippen molar-refractivity contribution in [3.05, 3.63) is 0 Å². The molecule has 0 saturated carbocycles. The Labute approximate surface area is 101 Å². The van der Waals surface area contributed by atoms with Crippen LogP contribution < -0.4 is 5.73 Å². The third-order valence-corrected chi connectivity index (χ3v) is 2.85. The van der Waals surface area contributed by atoms with Crippen molar-refractivity contribution in [2.75, 3.05) is 26.8 Å². The van der Waals surface area contributed by atoms with Crippen molar-refractivity contribution in [1.82, 2.24) is 4.90 Å². The van der Waals surface area contributed by atoms with Gasteiger partial charge in [-0.25, -0.2) is 4.79 Å². The van der Waals surface area contributed by atoms with Crippen LogP contribution in [0.1, 0.15) is 19.8 Å². The normalized spacial score (nSPS) is 23.6. The molecule has 1 rings (SSSR count). The Morgan fingerprint density at radius 3 is 2.71 bits per heavy atom. The number of hydrogen-bond acceptors (Lipinski definition) is 5. The zero-order valence-corrected chi connectivity index (χ0v) is 10.3. The van der Waals surface area contributed by atoms with Gasteiger partial charge in [0.15, 0.2) is 0 Å². The van der Waals surface area contributed by atoms with E-state index in [0.717, 1.165) is 12.8 Å². The number of amides is 1. The number of ether oxygens (including phenoxy) is 2. The fourth-order valence-corrected chi connectivity index (χ4v) is 1.77. The summed E-state index contributed by atoms with van der Waals surface area (Å²) in [4.78, 5) is 24.5. The average molecular weight is 244 g/mol. The second kappa shape index (κ2) is 6.44. The summed E-state index contributed by atoms with van der Waals surface area (Å²) in [5.41, 5.74) is 5.79. The molecule has 6 heteroatoms. The molecule has 2 N–H and O–H groups in total. The van der Waals surface area contributed by atoms with Crippen molar-refractivity contribution in [3.63, 3.8) is 0 Å². The first-order valence-electron chi connectivity index (χ1n) is 5.85. The monoisotopic (exact) mass is 244 g/mol. The number of rotatable bonds is 4. The molecule has 0 aromatic heterocycles. The van der Waals surface area contributed by atoms with E-state index in [1.807, 2.05) is 6.92 Å². The number of unbranched alkanes of at least 4 members (excludes halogenated alkanes) is 1. The molecule has 0 bridgehead atoms. The number of esters is 1. The van der Waals surface area contributed by atoms with Gasteiger partial charge in [0.25, 0.3) is 0 Å². The highest BCUT2D eigenvalue weighted by atomic mass is 16.6. The van der Waals surface area contributed by atoms with E-state index in [1.54, 1.807) is 0 Å². The number of hydrogen-bond donors (Lipinski definition) is 1. The van der Waals surface area contributed by atoms with Gasteiger partial charge in [0.05, 0.1) is 19.6 Å². The van der Waals surface area contributed by atoms with Gasteiger partial charge in [-0.1, -0.05) is 13.3 Å². The van der Waals surface area contributed by atoms with Crippen LogP contribution in [0.15, 0.2) is 0 Å². The molecule has 1 heterocycles. The van der Waals surface area contributed by atoms with E-state index >= 15 is 0 Å². The Kier molecular flexibility index (Phi) is 5.21. The molecular weight excluding hydrogens is 224 g/mol. The van der Waals surface area contributed by atoms with Gasteiger partial charge in [0, 0.05) is 19.1 Å². The molecule has 1 aliphatic rings. The van der Waals surface area contributed by atoms with Gasteiger partial charge in [0.2, 0.25) is 0 Å². The lowest BCUT2D eigenvalue weighted by Crippen LogP contribution is -2.35. The topological polar surface area (TPSA) is 81.9 Å². The molecule has 0 radical (unpaired) electrons. The van der Waals surface area contributed by atoms with Gasteiger partial charge in [-0.05, 0) is 6.42 Å². The smallest absolute Gasteiger partial charge is 0.409 e. The Hall–Kier alpha value is -1.30. The summed E-state index contributed by atoms with van der Waals surface area (Å²) >= 11 is 0. The fourth-order valence-electron chi connectivity index (χ4n) is 1.77. The molecule has 2 unspecified atom stereocenters. The largest absolute Gasteiger partial charge is 0.469 e. The van der Waals surface area contributed by atoms with Crippen molar-refractivity contribution in [3.8, 4) is 0 Å². The number of nitrogens with two attached hydrogens (primary N) is 1. The molecule has 0 aliphatic carbocycles. The SMILES string of the molecule is CCCCOC(=O)N1CC(N)C(C(=O)OC)C1. The second-order valence-corrected chi connectivity index (χ2v) is 4.17. The zero-order chi connectivity index (χ0) is 12.8. The van der Waals surface area contributed by atoms with Gasteiger partial charge in [-0.2, -0.15) is 0 Å². The number of nitrogens with zero attached hydrogens (tertiary/aromatic N) is 1. The first-order valence-corrected chi connectivity index (χ1v) is 5.85. The summed E-state index contributed by atoms with van der Waals surface area (Å²) in [6, 6.07) is -0.374. The van der Waals surface area contributed by atoms with Crippen molar-refractivity contribution >= 4 is 12.1 Å². The van der Waals surface area contributed by atoms with E-state index in [2.05, 4.69) is 4.74 Å². The second-order valence-electron chi connectivity index (χ2n) is 4.17. The van der Waals surface area contributed by atoms with Crippen LogP contribution in [0.5, 0.6) is 0 Å². The van der Waals surface area contributed by atoms with Crippen molar-refractivity contribution < 1.29 is 19.1 Å². The fraction of sp³-hybridized carbons (Fsp3) is 0.818. The molecule has 1 saturated heterocycles. The van der Waals surface area contributed by atoms with E-state index < -0.39 is 12.0 Å². The number of methoxy groups -OCH3 is 1. The van der Waals surface area contributed by atoms with Gasteiger partial charge >= 0.3 is 12.1 Å². The van der Waals surface area contributed by atoms with Gasteiger partial charge in [-0.3, -0.25) is 4.79 Å². The van der Waals surface area contributed by atoms with Gasteiger partial charge in [0.1, 0.15) is 0 Å². The Morgan fingerprint density at radius 1 is 1.41 bits per heavy atom. The predicted octanol–water partition coefficient (Wildman–Crippen LogP) is 0.355. The molecule has 0 aromatic carbocycles. The van der Waals surface area contributed by atoms with E-state index in [4.69, 9.17) is 10.5 Å². The molecule has 1 fully saturated rings. The minimum Gasteiger partial charge on any atom is -0.469 e. The Balaban J connectivity index is 2.42. The highest BCUT2D eigenvalue weighted by Gasteiger charge is 2.38.